The summed E-state index contributed by atoms with van der Waals surface area (Å²) >= 11 is 5.99. The Kier molecular flexibility index (Phi) is 3.97. The molecule has 0 radical (unpaired) electrons. The third-order valence-corrected chi connectivity index (χ3v) is 3.22. The quantitative estimate of drug-likeness (QED) is 0.810. The normalized spacial score (nSPS) is 15.2. The number of benzene rings is 1. The lowest BCUT2D eigenvalue weighted by atomic mass is 9.92. The SMILES string of the molecule is CCC(C)C(O)c1cccc(Cl)c1C. The van der Waals surface area contributed by atoms with Crippen molar-refractivity contribution in [3.8, 4) is 0 Å². The predicted octanol–water partition coefficient (Wildman–Crippen LogP) is 3.73. The molecule has 2 heteroatoms. The minimum atomic E-state index is -0.404. The van der Waals surface area contributed by atoms with Crippen molar-refractivity contribution in [2.24, 2.45) is 5.92 Å². The first-order valence-electron chi connectivity index (χ1n) is 5.01. The van der Waals surface area contributed by atoms with Gasteiger partial charge in [0.25, 0.3) is 0 Å². The number of hydrogen-bond donors (Lipinski definition) is 1. The van der Waals surface area contributed by atoms with E-state index >= 15 is 0 Å². The molecule has 1 aromatic carbocycles. The van der Waals surface area contributed by atoms with Crippen molar-refractivity contribution >= 4 is 11.6 Å². The van der Waals surface area contributed by atoms with Gasteiger partial charge in [0.2, 0.25) is 0 Å². The number of hydrogen-bond acceptors (Lipinski definition) is 1. The molecule has 78 valence electrons. The molecule has 1 rings (SSSR count). The predicted molar refractivity (Wildman–Crippen MR) is 60.6 cm³/mol. The summed E-state index contributed by atoms with van der Waals surface area (Å²) < 4.78 is 0. The van der Waals surface area contributed by atoms with Crippen LogP contribution < -0.4 is 0 Å². The third kappa shape index (κ3) is 2.28. The smallest absolute Gasteiger partial charge is 0.0818 e. The van der Waals surface area contributed by atoms with Crippen molar-refractivity contribution in [2.75, 3.05) is 0 Å². The van der Waals surface area contributed by atoms with Gasteiger partial charge in [-0.1, -0.05) is 44.0 Å². The molecule has 0 aliphatic rings. The monoisotopic (exact) mass is 212 g/mol. The molecule has 1 nitrogen and oxygen atoms in total. The maximum absolute atomic E-state index is 10.0. The highest BCUT2D eigenvalue weighted by molar-refractivity contribution is 6.31. The Balaban J connectivity index is 3.01. The number of rotatable bonds is 3. The van der Waals surface area contributed by atoms with E-state index in [1.807, 2.05) is 32.0 Å². The lowest BCUT2D eigenvalue weighted by molar-refractivity contribution is 0.115. The van der Waals surface area contributed by atoms with Gasteiger partial charge in [-0.2, -0.15) is 0 Å². The standard InChI is InChI=1S/C12H17ClO/c1-4-8(2)12(14)10-6-5-7-11(13)9(10)3/h5-8,12,14H,4H2,1-3H3. The molecular formula is C12H17ClO. The lowest BCUT2D eigenvalue weighted by Gasteiger charge is -2.19. The number of halogens is 1. The first-order chi connectivity index (χ1) is 6.57. The number of aliphatic hydroxyl groups is 1. The van der Waals surface area contributed by atoms with E-state index in [2.05, 4.69) is 6.92 Å². The van der Waals surface area contributed by atoms with Gasteiger partial charge in [-0.15, -0.1) is 0 Å². The second-order valence-corrected chi connectivity index (χ2v) is 4.19. The Morgan fingerprint density at radius 3 is 2.64 bits per heavy atom. The van der Waals surface area contributed by atoms with Crippen LogP contribution in [-0.4, -0.2) is 5.11 Å². The minimum absolute atomic E-state index is 0.271. The van der Waals surface area contributed by atoms with Crippen LogP contribution in [0.2, 0.25) is 5.02 Å². The maximum atomic E-state index is 10.0. The van der Waals surface area contributed by atoms with Crippen molar-refractivity contribution in [3.05, 3.63) is 34.3 Å². The van der Waals surface area contributed by atoms with Gasteiger partial charge in [0.15, 0.2) is 0 Å². The van der Waals surface area contributed by atoms with E-state index in [1.54, 1.807) is 0 Å². The van der Waals surface area contributed by atoms with Crippen molar-refractivity contribution in [3.63, 3.8) is 0 Å². The van der Waals surface area contributed by atoms with Gasteiger partial charge < -0.3 is 5.11 Å². The second kappa shape index (κ2) is 4.81. The average Bonchev–Trinajstić information content (AvgIpc) is 2.20. The molecule has 0 heterocycles. The van der Waals surface area contributed by atoms with Gasteiger partial charge in [-0.05, 0) is 30.0 Å². The van der Waals surface area contributed by atoms with Crippen LogP contribution in [0.3, 0.4) is 0 Å². The van der Waals surface area contributed by atoms with E-state index in [9.17, 15) is 5.11 Å². The molecular weight excluding hydrogens is 196 g/mol. The van der Waals surface area contributed by atoms with Crippen LogP contribution in [0.1, 0.15) is 37.5 Å². The molecule has 2 atom stereocenters. The summed E-state index contributed by atoms with van der Waals surface area (Å²) in [6.07, 6.45) is 0.561. The molecule has 0 aliphatic carbocycles. The minimum Gasteiger partial charge on any atom is -0.388 e. The zero-order valence-electron chi connectivity index (χ0n) is 8.92. The summed E-state index contributed by atoms with van der Waals surface area (Å²) in [4.78, 5) is 0. The van der Waals surface area contributed by atoms with E-state index in [1.165, 1.54) is 0 Å². The van der Waals surface area contributed by atoms with Crippen LogP contribution in [0, 0.1) is 12.8 Å². The largest absolute Gasteiger partial charge is 0.388 e. The van der Waals surface area contributed by atoms with Gasteiger partial charge >= 0.3 is 0 Å². The molecule has 0 amide bonds. The average molecular weight is 213 g/mol. The molecule has 0 saturated carbocycles. The summed E-state index contributed by atoms with van der Waals surface area (Å²) in [5.41, 5.74) is 1.94. The van der Waals surface area contributed by atoms with Crippen LogP contribution in [0.5, 0.6) is 0 Å². The van der Waals surface area contributed by atoms with E-state index in [0.717, 1.165) is 22.6 Å². The summed E-state index contributed by atoms with van der Waals surface area (Å²) in [5.74, 6) is 0.271. The van der Waals surface area contributed by atoms with Crippen molar-refractivity contribution in [2.45, 2.75) is 33.3 Å². The highest BCUT2D eigenvalue weighted by atomic mass is 35.5. The molecule has 0 aliphatic heterocycles. The Labute approximate surface area is 90.7 Å². The zero-order chi connectivity index (χ0) is 10.7. The van der Waals surface area contributed by atoms with Gasteiger partial charge in [0.05, 0.1) is 6.10 Å². The first kappa shape index (κ1) is 11.5. The van der Waals surface area contributed by atoms with Crippen LogP contribution in [0.4, 0.5) is 0 Å². The van der Waals surface area contributed by atoms with Gasteiger partial charge in [-0.25, -0.2) is 0 Å². The molecule has 14 heavy (non-hydrogen) atoms. The summed E-state index contributed by atoms with van der Waals surface area (Å²) in [5, 5.41) is 10.8. The number of aliphatic hydroxyl groups excluding tert-OH is 1. The summed E-state index contributed by atoms with van der Waals surface area (Å²) in [7, 11) is 0. The van der Waals surface area contributed by atoms with Gasteiger partial charge in [-0.3, -0.25) is 0 Å². The van der Waals surface area contributed by atoms with E-state index in [4.69, 9.17) is 11.6 Å². The summed E-state index contributed by atoms with van der Waals surface area (Å²) in [6, 6.07) is 5.68. The van der Waals surface area contributed by atoms with Crippen molar-refractivity contribution in [1.29, 1.82) is 0 Å². The molecule has 0 saturated heterocycles. The van der Waals surface area contributed by atoms with Gasteiger partial charge in [0, 0.05) is 5.02 Å². The molecule has 1 N–H and O–H groups in total. The van der Waals surface area contributed by atoms with Crippen LogP contribution >= 0.6 is 11.6 Å². The first-order valence-corrected chi connectivity index (χ1v) is 5.38. The van der Waals surface area contributed by atoms with Crippen LogP contribution in [0.15, 0.2) is 18.2 Å². The lowest BCUT2D eigenvalue weighted by Crippen LogP contribution is -2.09. The summed E-state index contributed by atoms with van der Waals surface area (Å²) in [6.45, 7) is 6.07. The molecule has 1 aromatic rings. The second-order valence-electron chi connectivity index (χ2n) is 3.78. The third-order valence-electron chi connectivity index (χ3n) is 2.81. The Morgan fingerprint density at radius 1 is 1.43 bits per heavy atom. The van der Waals surface area contributed by atoms with Crippen LogP contribution in [-0.2, 0) is 0 Å². The molecule has 0 aromatic heterocycles. The molecule has 0 fully saturated rings. The van der Waals surface area contributed by atoms with Crippen molar-refractivity contribution < 1.29 is 5.11 Å². The topological polar surface area (TPSA) is 20.2 Å². The Hall–Kier alpha value is -0.530. The van der Waals surface area contributed by atoms with E-state index in [-0.39, 0.29) is 5.92 Å². The molecule has 0 bridgehead atoms. The molecule has 0 spiro atoms. The highest BCUT2D eigenvalue weighted by Gasteiger charge is 2.17. The fourth-order valence-corrected chi connectivity index (χ4v) is 1.66. The Morgan fingerprint density at radius 2 is 2.07 bits per heavy atom. The van der Waals surface area contributed by atoms with E-state index < -0.39 is 6.10 Å². The fraction of sp³-hybridized carbons (Fsp3) is 0.500. The van der Waals surface area contributed by atoms with E-state index in [0.29, 0.717) is 0 Å². The fourth-order valence-electron chi connectivity index (χ4n) is 1.47. The zero-order valence-corrected chi connectivity index (χ0v) is 9.67. The van der Waals surface area contributed by atoms with Crippen molar-refractivity contribution in [1.82, 2.24) is 0 Å². The highest BCUT2D eigenvalue weighted by Crippen LogP contribution is 2.29. The van der Waals surface area contributed by atoms with Gasteiger partial charge in [0.1, 0.15) is 0 Å². The van der Waals surface area contributed by atoms with Crippen LogP contribution in [0.25, 0.3) is 0 Å². The Bertz CT molecular complexity index is 309. The molecule has 2 unspecified atom stereocenters. The maximum Gasteiger partial charge on any atom is 0.0818 e.